The number of carbonyl (C=O) groups excluding carboxylic acids is 2. The fourth-order valence-electron chi connectivity index (χ4n) is 4.83. The van der Waals surface area contributed by atoms with Gasteiger partial charge in [-0.25, -0.2) is 0 Å². The molecule has 0 radical (unpaired) electrons. The van der Waals surface area contributed by atoms with Gasteiger partial charge in [0.2, 0.25) is 0 Å². The number of carbonyl (C=O) groups is 2. The van der Waals surface area contributed by atoms with Crippen LogP contribution in [0.4, 0.5) is 18.9 Å². The molecule has 0 unspecified atom stereocenters. The Bertz CT molecular complexity index is 1790. The molecule has 0 saturated heterocycles. The number of benzene rings is 4. The number of anilines is 1. The molecule has 0 atom stereocenters. The Morgan fingerprint density at radius 1 is 0.958 bits per heavy atom. The maximum Gasteiger partial charge on any atom is 0.573 e. The Labute approximate surface area is 282 Å². The van der Waals surface area contributed by atoms with Gasteiger partial charge in [0.05, 0.1) is 0 Å². The Morgan fingerprint density at radius 2 is 1.62 bits per heavy atom. The summed E-state index contributed by atoms with van der Waals surface area (Å²) < 4.78 is 70.4. The van der Waals surface area contributed by atoms with E-state index in [1.54, 1.807) is 35.2 Å². The van der Waals surface area contributed by atoms with Crippen molar-refractivity contribution in [1.29, 1.82) is 0 Å². The fraction of sp³-hybridized carbons (Fsp3) is 0.235. The summed E-state index contributed by atoms with van der Waals surface area (Å²) in [4.78, 5) is 25.7. The molecule has 4 aromatic rings. The van der Waals surface area contributed by atoms with Crippen LogP contribution < -0.4 is 14.4 Å². The van der Waals surface area contributed by atoms with Gasteiger partial charge in [-0.2, -0.15) is 0 Å². The quantitative estimate of drug-likeness (QED) is 0.117. The summed E-state index contributed by atoms with van der Waals surface area (Å²) in [5, 5.41) is 12.0. The first kappa shape index (κ1) is 36.6. The third-order valence-corrected chi connectivity index (χ3v) is 9.53. The van der Waals surface area contributed by atoms with Gasteiger partial charge < -0.3 is 9.64 Å². The molecule has 1 saturated carbocycles. The molecule has 9 nitrogen and oxygen atoms in total. The van der Waals surface area contributed by atoms with E-state index in [-0.39, 0.29) is 27.4 Å². The van der Waals surface area contributed by atoms with Crippen molar-refractivity contribution in [3.63, 3.8) is 0 Å². The van der Waals surface area contributed by atoms with Crippen molar-refractivity contribution in [2.75, 3.05) is 11.9 Å². The average Bonchev–Trinajstić information content (AvgIpc) is 3.85. The van der Waals surface area contributed by atoms with E-state index in [2.05, 4.69) is 22.2 Å². The van der Waals surface area contributed by atoms with Crippen LogP contribution in [0.5, 0.6) is 11.5 Å². The molecule has 254 valence electrons. The number of ether oxygens (including phenoxy) is 1. The van der Waals surface area contributed by atoms with E-state index >= 15 is 0 Å². The van der Waals surface area contributed by atoms with Crippen LogP contribution in [0.1, 0.15) is 52.7 Å². The molecule has 2 amide bonds. The number of halogens is 4. The van der Waals surface area contributed by atoms with Gasteiger partial charge in [-0.1, -0.05) is 54.1 Å². The number of nitrogens with zero attached hydrogens (tertiary/aromatic N) is 1. The van der Waals surface area contributed by atoms with Crippen molar-refractivity contribution >= 4 is 47.6 Å². The molecule has 48 heavy (non-hydrogen) atoms. The largest absolute Gasteiger partial charge is 0.573 e. The second kappa shape index (κ2) is 15.8. The van der Waals surface area contributed by atoms with Gasteiger partial charge in [0, 0.05) is 23.7 Å². The van der Waals surface area contributed by atoms with Gasteiger partial charge in [0.25, 0.3) is 5.91 Å². The fourth-order valence-corrected chi connectivity index (χ4v) is 6.57. The third-order valence-electron chi connectivity index (χ3n) is 7.20. The molecular weight excluding hydrogens is 716 g/mol. The van der Waals surface area contributed by atoms with E-state index in [0.29, 0.717) is 41.6 Å². The van der Waals surface area contributed by atoms with Crippen molar-refractivity contribution in [1.82, 2.24) is 4.90 Å². The number of phenolic OH excluding ortho intramolecular Hbond substituents is 1. The zero-order valence-electron chi connectivity index (χ0n) is 25.7. The number of hydrogen-bond donors (Lipinski definition) is 4. The van der Waals surface area contributed by atoms with Gasteiger partial charge in [-0.15, -0.1) is 13.2 Å². The maximum atomic E-state index is 13.3. The molecule has 0 spiro atoms. The zero-order valence-corrected chi connectivity index (χ0v) is 28.3. The number of nitrogens with one attached hydrogen (secondary N) is 1. The van der Waals surface area contributed by atoms with E-state index in [0.717, 1.165) is 5.56 Å². The molecule has 0 aromatic heterocycles. The minimum absolute atomic E-state index is 0.188. The van der Waals surface area contributed by atoms with E-state index < -0.39 is 26.4 Å². The van der Waals surface area contributed by atoms with Crippen molar-refractivity contribution < 1.29 is 44.5 Å². The van der Waals surface area contributed by atoms with E-state index in [1.807, 2.05) is 12.1 Å². The molecule has 4 N–H and O–H groups in total. The summed E-state index contributed by atoms with van der Waals surface area (Å²) in [6, 6.07) is 24.6. The number of hydrogen-bond acceptors (Lipinski definition) is 5. The zero-order chi connectivity index (χ0) is 35.1. The summed E-state index contributed by atoms with van der Waals surface area (Å²) in [5.41, 5.74) is 3.19. The Balaban J connectivity index is 0.000000291. The third kappa shape index (κ3) is 11.2. The predicted molar refractivity (Wildman–Crippen MR) is 174 cm³/mol. The van der Waals surface area contributed by atoms with Crippen molar-refractivity contribution in [3.8, 4) is 11.5 Å². The molecule has 5 rings (SSSR count). The Hall–Kier alpha value is -4.22. The van der Waals surface area contributed by atoms with Crippen LogP contribution in [0.15, 0.2) is 91.0 Å². The number of aromatic hydroxyl groups is 1. The van der Waals surface area contributed by atoms with Gasteiger partial charge in [0.1, 0.15) is 5.75 Å². The van der Waals surface area contributed by atoms with Gasteiger partial charge in [0.15, 0.2) is 0 Å². The standard InChI is InChI=1S/C26H23ClF3NO2.C8H10AsNO5/c27-23-5-2-4-22(16-23)25(32)31(17-19-7-9-20(10-8-19)21-11-12-21)14-13-18-3-1-6-24(15-18)33-26(28,29)30;1-5(11)10-8-6(9(13,14)15)3-2-4-7(8)12/h1-10,15-16,21H,11-14,17H2;2-4,12H,1H3,(H,10,11)(H2,13,14,15). The Kier molecular flexibility index (Phi) is 12.0. The smallest absolute Gasteiger partial charge is 0.406 e. The first-order valence-corrected chi connectivity index (χ1v) is 18.5. The molecule has 1 fully saturated rings. The molecule has 4 aromatic carbocycles. The van der Waals surface area contributed by atoms with E-state index in [4.69, 9.17) is 19.8 Å². The molecule has 14 heteroatoms. The molecular formula is C34H33AsClF3N2O7. The predicted octanol–water partition coefficient (Wildman–Crippen LogP) is 5.91. The van der Waals surface area contributed by atoms with Crippen LogP contribution in [0.25, 0.3) is 0 Å². The van der Waals surface area contributed by atoms with Crippen LogP contribution in [0.2, 0.25) is 5.02 Å². The van der Waals surface area contributed by atoms with Crippen molar-refractivity contribution in [2.24, 2.45) is 0 Å². The Morgan fingerprint density at radius 3 is 2.23 bits per heavy atom. The first-order chi connectivity index (χ1) is 22.6. The summed E-state index contributed by atoms with van der Waals surface area (Å²) in [6.45, 7) is 1.89. The SMILES string of the molecule is CC(=O)Nc1c(O)cccc1[As](=O)(O)O.O=C(c1cccc(Cl)c1)N(CCc1cccc(OC(F)(F)F)c1)Cc1ccc(C2CC2)cc1. The number of phenols is 1. The number of para-hydroxylation sites is 1. The minimum Gasteiger partial charge on any atom is -0.406 e. The number of amides is 2. The van der Waals surface area contributed by atoms with E-state index in [9.17, 15) is 31.6 Å². The van der Waals surface area contributed by atoms with Crippen molar-refractivity contribution in [2.45, 2.75) is 45.0 Å². The second-order valence-electron chi connectivity index (χ2n) is 11.1. The van der Waals surface area contributed by atoms with Crippen molar-refractivity contribution in [3.05, 3.63) is 118 Å². The van der Waals surface area contributed by atoms with Gasteiger partial charge >= 0.3 is 94.5 Å². The monoisotopic (exact) mass is 748 g/mol. The number of alkyl halides is 3. The van der Waals surface area contributed by atoms with E-state index in [1.165, 1.54) is 61.7 Å². The summed E-state index contributed by atoms with van der Waals surface area (Å²) in [6.07, 6.45) is -1.94. The van der Waals surface area contributed by atoms with Crippen LogP contribution in [0, 0.1) is 0 Å². The molecule has 0 bridgehead atoms. The normalized spacial score (nSPS) is 12.8. The van der Waals surface area contributed by atoms with Crippen LogP contribution >= 0.6 is 11.6 Å². The minimum atomic E-state index is -5.14. The summed E-state index contributed by atoms with van der Waals surface area (Å²) in [7, 11) is 0. The first-order valence-electron chi connectivity index (χ1n) is 14.7. The molecule has 1 aliphatic carbocycles. The average molecular weight is 749 g/mol. The summed E-state index contributed by atoms with van der Waals surface area (Å²) >= 11 is 0.931. The second-order valence-corrected chi connectivity index (χ2v) is 14.8. The maximum absolute atomic E-state index is 13.3. The van der Waals surface area contributed by atoms with Crippen LogP contribution in [0.3, 0.4) is 0 Å². The van der Waals surface area contributed by atoms with Crippen LogP contribution in [-0.4, -0.2) is 57.1 Å². The molecule has 1 aliphatic rings. The van der Waals surface area contributed by atoms with Crippen LogP contribution in [-0.2, 0) is 21.5 Å². The summed E-state index contributed by atoms with van der Waals surface area (Å²) in [5.74, 6) is -0.696. The number of rotatable bonds is 10. The van der Waals surface area contributed by atoms with Gasteiger partial charge in [-0.3, -0.25) is 4.79 Å². The van der Waals surface area contributed by atoms with Gasteiger partial charge in [-0.05, 0) is 72.2 Å². The molecule has 0 aliphatic heterocycles. The molecule has 0 heterocycles. The topological polar surface area (TPSA) is 136 Å².